The number of hydrogen-bond acceptors (Lipinski definition) is 4. The Morgan fingerprint density at radius 1 is 0.315 bits per heavy atom. The highest BCUT2D eigenvalue weighted by atomic mass is 16.3. The van der Waals surface area contributed by atoms with Crippen LogP contribution < -0.4 is 9.80 Å². The zero-order valence-electron chi connectivity index (χ0n) is 41.2. The van der Waals surface area contributed by atoms with Crippen LogP contribution in [0.3, 0.4) is 0 Å². The number of hydrogen-bond donors (Lipinski definition) is 0. The Bertz CT molecular complexity index is 4170. The second-order valence-corrected chi connectivity index (χ2v) is 19.9. The summed E-state index contributed by atoms with van der Waals surface area (Å²) in [5.74, 6) is 0.368. The summed E-state index contributed by atoms with van der Waals surface area (Å²) in [4.78, 5) is 4.96. The van der Waals surface area contributed by atoms with E-state index in [4.69, 9.17) is 8.83 Å². The summed E-state index contributed by atoms with van der Waals surface area (Å²) in [5, 5.41) is 11.5. The van der Waals surface area contributed by atoms with E-state index in [1.165, 1.54) is 27.1 Å². The van der Waals surface area contributed by atoms with Crippen molar-refractivity contribution >= 4 is 110 Å². The highest BCUT2D eigenvalue weighted by Gasteiger charge is 2.30. The van der Waals surface area contributed by atoms with Crippen LogP contribution in [0, 0.1) is 13.8 Å². The van der Waals surface area contributed by atoms with Gasteiger partial charge in [-0.3, -0.25) is 0 Å². The lowest BCUT2D eigenvalue weighted by Gasteiger charge is -2.33. The molecule has 14 rings (SSSR count). The number of rotatable bonds is 9. The second kappa shape index (κ2) is 16.8. The smallest absolute Gasteiger partial charge is 0.159 e. The zero-order chi connectivity index (χ0) is 48.9. The van der Waals surface area contributed by atoms with Crippen LogP contribution in [0.1, 0.15) is 36.5 Å². The molecule has 2 aromatic heterocycles. The first-order valence-electron chi connectivity index (χ1n) is 25.3. The summed E-state index contributed by atoms with van der Waals surface area (Å²) in [5.41, 5.74) is 17.6. The molecule has 0 aliphatic heterocycles. The monoisotopic (exact) mass is 938 g/mol. The van der Waals surface area contributed by atoms with Crippen LogP contribution in [0.25, 0.3) is 98.4 Å². The molecule has 0 atom stereocenters. The molecule has 73 heavy (non-hydrogen) atoms. The van der Waals surface area contributed by atoms with E-state index in [0.29, 0.717) is 5.92 Å². The Hall–Kier alpha value is -9.12. The van der Waals surface area contributed by atoms with Crippen molar-refractivity contribution in [1.29, 1.82) is 0 Å². The van der Waals surface area contributed by atoms with Crippen LogP contribution >= 0.6 is 0 Å². The lowest BCUT2D eigenvalue weighted by molar-refractivity contribution is 0.669. The average Bonchev–Trinajstić information content (AvgIpc) is 4.02. The molecular weight excluding hydrogens is 889 g/mol. The normalized spacial score (nSPS) is 12.0. The number of fused-ring (bicyclic) bond motifs is 6. The predicted octanol–water partition coefficient (Wildman–Crippen LogP) is 20.4. The van der Waals surface area contributed by atoms with Crippen molar-refractivity contribution in [3.8, 4) is 22.3 Å². The Morgan fingerprint density at radius 2 is 0.753 bits per heavy atom. The minimum atomic E-state index is 0.368. The van der Waals surface area contributed by atoms with Gasteiger partial charge in [0.25, 0.3) is 0 Å². The van der Waals surface area contributed by atoms with Crippen LogP contribution in [-0.2, 0) is 0 Å². The van der Waals surface area contributed by atoms with E-state index >= 15 is 0 Å². The molecular formula is C69H50N2O2. The van der Waals surface area contributed by atoms with Gasteiger partial charge in [-0.25, -0.2) is 0 Å². The molecule has 0 aliphatic rings. The number of nitrogens with zero attached hydrogens (tertiary/aromatic N) is 2. The molecule has 14 aromatic rings. The van der Waals surface area contributed by atoms with Gasteiger partial charge in [-0.2, -0.15) is 0 Å². The van der Waals surface area contributed by atoms with Crippen LogP contribution in [0.5, 0.6) is 0 Å². The maximum absolute atomic E-state index is 7.02. The van der Waals surface area contributed by atoms with Crippen molar-refractivity contribution in [2.45, 2.75) is 33.6 Å². The first-order chi connectivity index (χ1) is 35.9. The van der Waals surface area contributed by atoms with E-state index in [0.717, 1.165) is 122 Å². The van der Waals surface area contributed by atoms with E-state index in [2.05, 4.69) is 262 Å². The molecule has 0 unspecified atom stereocenters. The number of aryl methyl sites for hydroxylation is 2. The fourth-order valence-corrected chi connectivity index (χ4v) is 11.5. The lowest BCUT2D eigenvalue weighted by atomic mass is 9.88. The second-order valence-electron chi connectivity index (χ2n) is 19.9. The van der Waals surface area contributed by atoms with Gasteiger partial charge in [0.15, 0.2) is 11.2 Å². The summed E-state index contributed by atoms with van der Waals surface area (Å²) in [6.45, 7) is 9.03. The third-order valence-corrected chi connectivity index (χ3v) is 15.2. The maximum Gasteiger partial charge on any atom is 0.159 e. The molecule has 0 amide bonds. The molecule has 2 heterocycles. The number of anilines is 6. The molecule has 0 saturated carbocycles. The Labute approximate surface area is 423 Å². The molecule has 4 nitrogen and oxygen atoms in total. The van der Waals surface area contributed by atoms with Crippen molar-refractivity contribution in [2.24, 2.45) is 0 Å². The van der Waals surface area contributed by atoms with Gasteiger partial charge in [0.1, 0.15) is 11.2 Å². The van der Waals surface area contributed by atoms with Gasteiger partial charge in [0.05, 0.1) is 22.7 Å². The first kappa shape index (κ1) is 42.7. The molecule has 0 saturated heterocycles. The third-order valence-electron chi connectivity index (χ3n) is 15.2. The minimum Gasteiger partial charge on any atom is -0.454 e. The quantitative estimate of drug-likeness (QED) is 0.135. The first-order valence-corrected chi connectivity index (χ1v) is 25.3. The van der Waals surface area contributed by atoms with Gasteiger partial charge in [-0.15, -0.1) is 0 Å². The highest BCUT2D eigenvalue weighted by Crippen LogP contribution is 2.54. The fourth-order valence-electron chi connectivity index (χ4n) is 11.5. The summed E-state index contributed by atoms with van der Waals surface area (Å²) < 4.78 is 14.0. The SMILES string of the molecule is Cc1ccc(-c2ccccc2)cc1N(c1cc(N(c2cc(-c3ccccc3)ccc2C)c2cccc3c2oc2ccccc23)c2ccc3cc(C(C)C)cc4ccc1c2c43)c1cccc2c1oc1ccccc12. The number of benzene rings is 12. The molecule has 4 heteroatoms. The Kier molecular flexibility index (Phi) is 9.81. The molecule has 348 valence electrons. The molecule has 0 fully saturated rings. The summed E-state index contributed by atoms with van der Waals surface area (Å²) in [6.07, 6.45) is 0. The van der Waals surface area contributed by atoms with Crippen LogP contribution in [0.4, 0.5) is 34.1 Å². The third kappa shape index (κ3) is 6.82. The average molecular weight is 939 g/mol. The van der Waals surface area contributed by atoms with Crippen molar-refractivity contribution in [3.63, 3.8) is 0 Å². The van der Waals surface area contributed by atoms with Gasteiger partial charge in [-0.1, -0.05) is 196 Å². The van der Waals surface area contributed by atoms with Crippen molar-refractivity contribution < 1.29 is 8.83 Å². The largest absolute Gasteiger partial charge is 0.454 e. The van der Waals surface area contributed by atoms with Crippen molar-refractivity contribution in [3.05, 3.63) is 241 Å². The van der Waals surface area contributed by atoms with Crippen LogP contribution in [0.15, 0.2) is 233 Å². The van der Waals surface area contributed by atoms with Gasteiger partial charge in [0.2, 0.25) is 0 Å². The minimum absolute atomic E-state index is 0.368. The molecule has 0 bridgehead atoms. The summed E-state index contributed by atoms with van der Waals surface area (Å²) in [6, 6.07) is 81.8. The Balaban J connectivity index is 1.16. The van der Waals surface area contributed by atoms with Crippen molar-refractivity contribution in [1.82, 2.24) is 0 Å². The highest BCUT2D eigenvalue weighted by molar-refractivity contribution is 6.30. The van der Waals surface area contributed by atoms with Crippen molar-refractivity contribution in [2.75, 3.05) is 9.80 Å². The van der Waals surface area contributed by atoms with Gasteiger partial charge in [-0.05, 0) is 117 Å². The molecule has 0 spiro atoms. The predicted molar refractivity (Wildman–Crippen MR) is 309 cm³/mol. The fraction of sp³-hybridized carbons (Fsp3) is 0.0725. The van der Waals surface area contributed by atoms with Crippen LogP contribution in [-0.4, -0.2) is 0 Å². The number of furan rings is 2. The molecule has 0 N–H and O–H groups in total. The van der Waals surface area contributed by atoms with E-state index < -0.39 is 0 Å². The van der Waals surface area contributed by atoms with Crippen LogP contribution in [0.2, 0.25) is 0 Å². The van der Waals surface area contributed by atoms with E-state index in [9.17, 15) is 0 Å². The lowest BCUT2D eigenvalue weighted by Crippen LogP contribution is -2.16. The Morgan fingerprint density at radius 3 is 1.22 bits per heavy atom. The van der Waals surface area contributed by atoms with Gasteiger partial charge < -0.3 is 18.6 Å². The van der Waals surface area contributed by atoms with Gasteiger partial charge >= 0.3 is 0 Å². The molecule has 0 radical (unpaired) electrons. The summed E-state index contributed by atoms with van der Waals surface area (Å²) >= 11 is 0. The van der Waals surface area contributed by atoms with E-state index in [-0.39, 0.29) is 0 Å². The number of para-hydroxylation sites is 4. The standard InChI is InChI=1S/C69H50N2O2/c1-42(2)51-37-49-33-35-56-62(70(60-39-47(31-29-43(60)3)45-17-7-5-8-18-45)58-25-15-23-54-52-21-11-13-27-64(52)72-68(54)58)41-63(57-36-34-50(38-51)66(49)67(56)57)71(61-40-48(32-30-44(61)4)46-19-9-6-10-20-46)59-26-16-24-55-53-22-12-14-28-65(53)73-69(55)59/h5-42H,1-4H3. The summed E-state index contributed by atoms with van der Waals surface area (Å²) in [7, 11) is 0. The molecule has 0 aliphatic carbocycles. The van der Waals surface area contributed by atoms with E-state index in [1.54, 1.807) is 0 Å². The van der Waals surface area contributed by atoms with E-state index in [1.807, 2.05) is 0 Å². The topological polar surface area (TPSA) is 32.8 Å². The zero-order valence-corrected chi connectivity index (χ0v) is 41.2. The van der Waals surface area contributed by atoms with Gasteiger partial charge in [0, 0.05) is 49.1 Å². The maximum atomic E-state index is 7.02. The molecule has 12 aromatic carbocycles.